The first-order valence-corrected chi connectivity index (χ1v) is 7.00. The number of nitrogens with zero attached hydrogens (tertiary/aromatic N) is 1. The van der Waals surface area contributed by atoms with E-state index < -0.39 is 0 Å². The topological polar surface area (TPSA) is 38.1 Å². The molecule has 1 aliphatic rings. The second kappa shape index (κ2) is 4.46. The molecule has 3 heteroatoms. The van der Waals surface area contributed by atoms with E-state index in [1.807, 2.05) is 12.1 Å². The van der Waals surface area contributed by atoms with E-state index in [1.165, 1.54) is 11.1 Å². The van der Waals surface area contributed by atoms with Crippen molar-refractivity contribution >= 4 is 11.1 Å². The molecule has 1 aromatic heterocycles. The van der Waals surface area contributed by atoms with Crippen molar-refractivity contribution < 1.29 is 4.42 Å². The molecule has 3 aromatic rings. The average molecular weight is 264 g/mol. The van der Waals surface area contributed by atoms with Crippen molar-refractivity contribution in [3.63, 3.8) is 0 Å². The lowest BCUT2D eigenvalue weighted by Crippen LogP contribution is -2.30. The Kier molecular flexibility index (Phi) is 2.60. The third-order valence-electron chi connectivity index (χ3n) is 3.98. The van der Waals surface area contributed by atoms with Gasteiger partial charge in [0.05, 0.1) is 0 Å². The van der Waals surface area contributed by atoms with E-state index in [0.717, 1.165) is 35.5 Å². The van der Waals surface area contributed by atoms with Crippen LogP contribution in [0.4, 0.5) is 0 Å². The Labute approximate surface area is 117 Å². The Hall–Kier alpha value is -2.13. The van der Waals surface area contributed by atoms with Crippen LogP contribution < -0.4 is 5.32 Å². The lowest BCUT2D eigenvalue weighted by atomic mass is 9.94. The van der Waals surface area contributed by atoms with Crippen molar-refractivity contribution in [2.75, 3.05) is 6.54 Å². The molecule has 1 atom stereocenters. The lowest BCUT2D eigenvalue weighted by Gasteiger charge is -2.24. The maximum Gasteiger partial charge on any atom is 0.217 e. The van der Waals surface area contributed by atoms with Gasteiger partial charge in [-0.1, -0.05) is 36.4 Å². The van der Waals surface area contributed by atoms with Crippen LogP contribution >= 0.6 is 0 Å². The molecule has 2 aromatic carbocycles. The zero-order valence-corrected chi connectivity index (χ0v) is 11.4. The largest absolute Gasteiger partial charge is 0.438 e. The minimum Gasteiger partial charge on any atom is -0.438 e. The van der Waals surface area contributed by atoms with Crippen molar-refractivity contribution in [2.45, 2.75) is 19.4 Å². The number of hydrogen-bond donors (Lipinski definition) is 1. The van der Waals surface area contributed by atoms with Crippen LogP contribution in [0.25, 0.3) is 11.1 Å². The molecule has 0 fully saturated rings. The molecule has 0 saturated carbocycles. The van der Waals surface area contributed by atoms with Gasteiger partial charge in [-0.05, 0) is 36.1 Å². The molecule has 0 bridgehead atoms. The summed E-state index contributed by atoms with van der Waals surface area (Å²) >= 11 is 0. The van der Waals surface area contributed by atoms with Gasteiger partial charge in [-0.15, -0.1) is 0 Å². The number of fused-ring (bicyclic) bond motifs is 2. The fourth-order valence-electron chi connectivity index (χ4n) is 2.95. The number of aromatic nitrogens is 1. The van der Waals surface area contributed by atoms with Crippen LogP contribution in [0, 0.1) is 6.92 Å². The smallest absolute Gasteiger partial charge is 0.217 e. The Bertz CT molecular complexity index is 776. The molecule has 0 radical (unpaired) electrons. The zero-order valence-electron chi connectivity index (χ0n) is 11.4. The highest BCUT2D eigenvalue weighted by Crippen LogP contribution is 2.30. The molecule has 20 heavy (non-hydrogen) atoms. The van der Waals surface area contributed by atoms with Crippen molar-refractivity contribution in [2.24, 2.45) is 0 Å². The van der Waals surface area contributed by atoms with Gasteiger partial charge in [0.15, 0.2) is 5.58 Å². The van der Waals surface area contributed by atoms with Gasteiger partial charge >= 0.3 is 0 Å². The fourth-order valence-corrected chi connectivity index (χ4v) is 2.95. The zero-order chi connectivity index (χ0) is 13.5. The van der Waals surface area contributed by atoms with Gasteiger partial charge in [0.1, 0.15) is 11.6 Å². The number of hydrogen-bond acceptors (Lipinski definition) is 3. The number of para-hydroxylation sites is 1. The van der Waals surface area contributed by atoms with Crippen molar-refractivity contribution in [1.82, 2.24) is 10.3 Å². The summed E-state index contributed by atoms with van der Waals surface area (Å²) in [5.41, 5.74) is 5.63. The maximum absolute atomic E-state index is 6.02. The quantitative estimate of drug-likeness (QED) is 0.732. The fraction of sp³-hybridized carbons (Fsp3) is 0.235. The molecule has 1 unspecified atom stereocenters. The second-order valence-corrected chi connectivity index (χ2v) is 5.31. The number of oxazole rings is 1. The van der Waals surface area contributed by atoms with Gasteiger partial charge in [0.25, 0.3) is 0 Å². The monoisotopic (exact) mass is 264 g/mol. The Morgan fingerprint density at radius 1 is 1.15 bits per heavy atom. The van der Waals surface area contributed by atoms with E-state index in [2.05, 4.69) is 47.6 Å². The summed E-state index contributed by atoms with van der Waals surface area (Å²) in [4.78, 5) is 4.67. The van der Waals surface area contributed by atoms with Crippen LogP contribution in [0.1, 0.15) is 28.6 Å². The van der Waals surface area contributed by atoms with Gasteiger partial charge in [-0.25, -0.2) is 4.98 Å². The van der Waals surface area contributed by atoms with Crippen LogP contribution in [-0.4, -0.2) is 11.5 Å². The normalized spacial score (nSPS) is 18.1. The predicted octanol–water partition coefficient (Wildman–Crippen LogP) is 3.37. The molecule has 2 heterocycles. The molecule has 100 valence electrons. The van der Waals surface area contributed by atoms with Gasteiger partial charge < -0.3 is 9.73 Å². The van der Waals surface area contributed by atoms with E-state index >= 15 is 0 Å². The van der Waals surface area contributed by atoms with Gasteiger partial charge in [-0.3, -0.25) is 0 Å². The third-order valence-corrected chi connectivity index (χ3v) is 3.98. The summed E-state index contributed by atoms with van der Waals surface area (Å²) in [5.74, 6) is 0.765. The second-order valence-electron chi connectivity index (χ2n) is 5.31. The summed E-state index contributed by atoms with van der Waals surface area (Å²) < 4.78 is 6.02. The van der Waals surface area contributed by atoms with Crippen LogP contribution in [0.2, 0.25) is 0 Å². The molecule has 0 amide bonds. The summed E-state index contributed by atoms with van der Waals surface area (Å²) in [6, 6.07) is 14.7. The van der Waals surface area contributed by atoms with Crippen LogP contribution in [0.15, 0.2) is 46.9 Å². The Morgan fingerprint density at radius 3 is 2.95 bits per heavy atom. The molecule has 4 rings (SSSR count). The summed E-state index contributed by atoms with van der Waals surface area (Å²) in [7, 11) is 0. The van der Waals surface area contributed by atoms with Crippen LogP contribution in [-0.2, 0) is 6.42 Å². The number of aryl methyl sites for hydroxylation is 1. The molecular formula is C17H16N2O. The van der Waals surface area contributed by atoms with Crippen LogP contribution in [0.3, 0.4) is 0 Å². The number of nitrogens with one attached hydrogen (secondary N) is 1. The highest BCUT2D eigenvalue weighted by Gasteiger charge is 2.25. The van der Waals surface area contributed by atoms with E-state index in [9.17, 15) is 0 Å². The number of rotatable bonds is 1. The van der Waals surface area contributed by atoms with E-state index in [0.29, 0.717) is 0 Å². The predicted molar refractivity (Wildman–Crippen MR) is 78.7 cm³/mol. The first kappa shape index (κ1) is 11.7. The molecule has 3 nitrogen and oxygen atoms in total. The first-order valence-electron chi connectivity index (χ1n) is 7.00. The molecule has 1 aliphatic heterocycles. The first-order chi connectivity index (χ1) is 9.83. The average Bonchev–Trinajstić information content (AvgIpc) is 2.92. The van der Waals surface area contributed by atoms with E-state index in [1.54, 1.807) is 0 Å². The van der Waals surface area contributed by atoms with Crippen LogP contribution in [0.5, 0.6) is 0 Å². The molecule has 0 spiro atoms. The standard InChI is InChI=1S/C17H16N2O/c1-11-5-4-8-14-16(11)20-17(19-14)15-13-7-3-2-6-12(13)9-10-18-15/h2-8,15,18H,9-10H2,1H3. The number of benzene rings is 2. The SMILES string of the molecule is Cc1cccc2nc(C3NCCc4ccccc43)oc12. The minimum atomic E-state index is 0.0618. The van der Waals surface area contributed by atoms with Gasteiger partial charge in [0.2, 0.25) is 5.89 Å². The third kappa shape index (κ3) is 1.74. The maximum atomic E-state index is 6.02. The minimum absolute atomic E-state index is 0.0618. The molecule has 0 aliphatic carbocycles. The molecular weight excluding hydrogens is 248 g/mol. The Morgan fingerprint density at radius 2 is 2.05 bits per heavy atom. The van der Waals surface area contributed by atoms with Crippen molar-refractivity contribution in [3.05, 3.63) is 65.0 Å². The van der Waals surface area contributed by atoms with Crippen molar-refractivity contribution in [3.8, 4) is 0 Å². The van der Waals surface area contributed by atoms with E-state index in [4.69, 9.17) is 4.42 Å². The summed E-state index contributed by atoms with van der Waals surface area (Å²) in [6.07, 6.45) is 1.06. The Balaban J connectivity index is 1.86. The van der Waals surface area contributed by atoms with Gasteiger partial charge in [0, 0.05) is 6.54 Å². The molecule has 0 saturated heterocycles. The highest BCUT2D eigenvalue weighted by molar-refractivity contribution is 5.76. The van der Waals surface area contributed by atoms with Crippen molar-refractivity contribution in [1.29, 1.82) is 0 Å². The molecule has 1 N–H and O–H groups in total. The van der Waals surface area contributed by atoms with Gasteiger partial charge in [-0.2, -0.15) is 0 Å². The van der Waals surface area contributed by atoms with E-state index in [-0.39, 0.29) is 6.04 Å². The highest BCUT2D eigenvalue weighted by atomic mass is 16.3. The lowest BCUT2D eigenvalue weighted by molar-refractivity contribution is 0.439. The summed E-state index contributed by atoms with van der Waals surface area (Å²) in [5, 5.41) is 3.52. The summed E-state index contributed by atoms with van der Waals surface area (Å²) in [6.45, 7) is 3.01.